The summed E-state index contributed by atoms with van der Waals surface area (Å²) in [4.78, 5) is 9.70. The van der Waals surface area contributed by atoms with Gasteiger partial charge in [-0.15, -0.1) is 12.4 Å². The quantitative estimate of drug-likeness (QED) is 0.295. The van der Waals surface area contributed by atoms with Gasteiger partial charge in [0.15, 0.2) is 0 Å². The lowest BCUT2D eigenvalue weighted by atomic mass is 10.6. The van der Waals surface area contributed by atoms with Crippen molar-refractivity contribution in [2.45, 2.75) is 0 Å². The molecule has 0 saturated heterocycles. The van der Waals surface area contributed by atoms with Gasteiger partial charge in [-0.2, -0.15) is 0 Å². The van der Waals surface area contributed by atoms with Gasteiger partial charge in [-0.25, -0.2) is 5.48 Å². The van der Waals surface area contributed by atoms with Crippen LogP contribution in [0.1, 0.15) is 0 Å². The molecule has 0 aromatic carbocycles. The second-order valence-electron chi connectivity index (χ2n) is 0.680. The van der Waals surface area contributed by atoms with E-state index in [2.05, 4.69) is 6.58 Å². The minimum Gasteiger partial charge on any atom is -0.288 e. The summed E-state index contributed by atoms with van der Waals surface area (Å²) in [6.07, 6.45) is 0.972. The van der Waals surface area contributed by atoms with E-state index in [0.717, 1.165) is 6.08 Å². The van der Waals surface area contributed by atoms with Crippen LogP contribution in [0.25, 0.3) is 0 Å². The molecule has 0 aromatic rings. The van der Waals surface area contributed by atoms with Crippen LogP contribution >= 0.6 is 12.4 Å². The Labute approximate surface area is 47.4 Å². The lowest BCUT2D eigenvalue weighted by Gasteiger charge is -1.81. The highest BCUT2D eigenvalue weighted by molar-refractivity contribution is 5.85. The van der Waals surface area contributed by atoms with Crippen LogP contribution in [0.2, 0.25) is 0 Å². The van der Waals surface area contributed by atoms with E-state index >= 15 is 0 Å². The maximum Gasteiger partial charge on any atom is 0.266 e. The molecule has 0 saturated carbocycles. The second kappa shape index (κ2) is 5.46. The lowest BCUT2D eigenvalue weighted by Crippen LogP contribution is -2.14. The Balaban J connectivity index is 0. The Bertz CT molecular complexity index is 73.3. The van der Waals surface area contributed by atoms with Crippen molar-refractivity contribution in [1.82, 2.24) is 5.48 Å². The van der Waals surface area contributed by atoms with Crippen LogP contribution in [0.15, 0.2) is 12.7 Å². The van der Waals surface area contributed by atoms with Gasteiger partial charge in [0.05, 0.1) is 0 Å². The van der Waals surface area contributed by atoms with Gasteiger partial charge >= 0.3 is 0 Å². The summed E-state index contributed by atoms with van der Waals surface area (Å²) in [7, 11) is 0. The molecule has 0 fully saturated rings. The van der Waals surface area contributed by atoms with Crippen molar-refractivity contribution in [2.75, 3.05) is 0 Å². The third-order valence-corrected chi connectivity index (χ3v) is 0.296. The van der Waals surface area contributed by atoms with Gasteiger partial charge in [0.2, 0.25) is 0 Å². The van der Waals surface area contributed by atoms with Crippen LogP contribution < -0.4 is 5.48 Å². The van der Waals surface area contributed by atoms with Gasteiger partial charge in [-0.3, -0.25) is 10.0 Å². The van der Waals surface area contributed by atoms with Gasteiger partial charge in [0.1, 0.15) is 0 Å². The van der Waals surface area contributed by atoms with Crippen LogP contribution in [-0.2, 0) is 4.79 Å². The van der Waals surface area contributed by atoms with Crippen LogP contribution in [0.3, 0.4) is 0 Å². The van der Waals surface area contributed by atoms with E-state index in [0.29, 0.717) is 0 Å². The SMILES string of the molecule is C=CC(=O)NO.Cl. The molecule has 0 aliphatic heterocycles. The average Bonchev–Trinajstić information content (AvgIpc) is 1.65. The summed E-state index contributed by atoms with van der Waals surface area (Å²) in [6.45, 7) is 3.06. The molecule has 0 aromatic heterocycles. The van der Waals surface area contributed by atoms with Crippen molar-refractivity contribution in [3.63, 3.8) is 0 Å². The Kier molecular flexibility index (Phi) is 7.55. The Morgan fingerprint density at radius 1 is 1.86 bits per heavy atom. The predicted octanol–water partition coefficient (Wildman–Crippen LogP) is 0.0996. The van der Waals surface area contributed by atoms with Crippen molar-refractivity contribution < 1.29 is 10.0 Å². The van der Waals surface area contributed by atoms with E-state index in [9.17, 15) is 4.79 Å². The molecule has 0 aliphatic rings. The zero-order chi connectivity index (χ0) is 4.99. The molecule has 3 nitrogen and oxygen atoms in total. The summed E-state index contributed by atoms with van der Waals surface area (Å²) in [5.41, 5.74) is 1.36. The number of rotatable bonds is 1. The molecule has 42 valence electrons. The largest absolute Gasteiger partial charge is 0.288 e. The minimum atomic E-state index is -0.588. The maximum atomic E-state index is 9.70. The fourth-order valence-corrected chi connectivity index (χ4v) is 0.0456. The summed E-state index contributed by atoms with van der Waals surface area (Å²) < 4.78 is 0. The third kappa shape index (κ3) is 5.46. The molecule has 0 spiro atoms. The smallest absolute Gasteiger partial charge is 0.266 e. The standard InChI is InChI=1S/C3H5NO2.ClH/c1-2-3(5)4-6;/h2,6H,1H2,(H,4,5);1H. The van der Waals surface area contributed by atoms with E-state index in [4.69, 9.17) is 5.21 Å². The first-order chi connectivity index (χ1) is 2.81. The molecular formula is C3H6ClNO2. The van der Waals surface area contributed by atoms with Crippen molar-refractivity contribution in [3.05, 3.63) is 12.7 Å². The molecule has 7 heavy (non-hydrogen) atoms. The summed E-state index contributed by atoms with van der Waals surface area (Å²) >= 11 is 0. The molecule has 4 heteroatoms. The van der Waals surface area contributed by atoms with Crippen molar-refractivity contribution in [3.8, 4) is 0 Å². The number of carbonyl (C=O) groups is 1. The normalized spacial score (nSPS) is 5.86. The van der Waals surface area contributed by atoms with E-state index in [1.54, 1.807) is 0 Å². The fraction of sp³-hybridized carbons (Fsp3) is 0. The second-order valence-corrected chi connectivity index (χ2v) is 0.680. The van der Waals surface area contributed by atoms with Crippen molar-refractivity contribution in [2.24, 2.45) is 0 Å². The third-order valence-electron chi connectivity index (χ3n) is 0.296. The Hall–Kier alpha value is -0.540. The highest BCUT2D eigenvalue weighted by Gasteiger charge is 1.80. The van der Waals surface area contributed by atoms with Crippen LogP contribution in [0.4, 0.5) is 0 Å². The predicted molar refractivity (Wildman–Crippen MR) is 27.4 cm³/mol. The van der Waals surface area contributed by atoms with Gasteiger partial charge in [-0.1, -0.05) is 6.58 Å². The molecule has 0 heterocycles. The topological polar surface area (TPSA) is 49.3 Å². The summed E-state index contributed by atoms with van der Waals surface area (Å²) in [5, 5.41) is 7.66. The Morgan fingerprint density at radius 2 is 2.29 bits per heavy atom. The van der Waals surface area contributed by atoms with E-state index < -0.39 is 5.91 Å². The van der Waals surface area contributed by atoms with Crippen molar-refractivity contribution in [1.29, 1.82) is 0 Å². The number of hydroxylamine groups is 1. The number of hydrogen-bond acceptors (Lipinski definition) is 2. The maximum absolute atomic E-state index is 9.70. The monoisotopic (exact) mass is 123 g/mol. The number of hydrogen-bond donors (Lipinski definition) is 2. The zero-order valence-corrected chi connectivity index (χ0v) is 4.36. The molecular weight excluding hydrogens is 117 g/mol. The zero-order valence-electron chi connectivity index (χ0n) is 3.55. The molecule has 0 unspecified atom stereocenters. The van der Waals surface area contributed by atoms with Gasteiger partial charge in [0.25, 0.3) is 5.91 Å². The number of amides is 1. The highest BCUT2D eigenvalue weighted by atomic mass is 35.5. The van der Waals surface area contributed by atoms with Crippen LogP contribution in [-0.4, -0.2) is 11.1 Å². The van der Waals surface area contributed by atoms with Gasteiger partial charge in [-0.05, 0) is 6.08 Å². The molecule has 0 bridgehead atoms. The molecule has 1 amide bonds. The first kappa shape index (κ1) is 9.68. The molecule has 0 rings (SSSR count). The first-order valence-electron chi connectivity index (χ1n) is 1.37. The number of nitrogens with one attached hydrogen (secondary N) is 1. The Morgan fingerprint density at radius 3 is 2.29 bits per heavy atom. The lowest BCUT2D eigenvalue weighted by molar-refractivity contribution is -0.124. The van der Waals surface area contributed by atoms with Gasteiger partial charge < -0.3 is 0 Å². The molecule has 0 radical (unpaired) electrons. The summed E-state index contributed by atoms with van der Waals surface area (Å²) in [6, 6.07) is 0. The van der Waals surface area contributed by atoms with Crippen molar-refractivity contribution >= 4 is 18.3 Å². The molecule has 2 N–H and O–H groups in total. The molecule has 0 atom stereocenters. The molecule has 0 aliphatic carbocycles. The summed E-state index contributed by atoms with van der Waals surface area (Å²) in [5.74, 6) is -0.588. The fourth-order valence-electron chi connectivity index (χ4n) is 0.0456. The van der Waals surface area contributed by atoms with Crippen LogP contribution in [0.5, 0.6) is 0 Å². The highest BCUT2D eigenvalue weighted by Crippen LogP contribution is 1.56. The minimum absolute atomic E-state index is 0. The van der Waals surface area contributed by atoms with Crippen LogP contribution in [0, 0.1) is 0 Å². The van der Waals surface area contributed by atoms with E-state index in [-0.39, 0.29) is 12.4 Å². The first-order valence-corrected chi connectivity index (χ1v) is 1.37. The number of carbonyl (C=O) groups excluding carboxylic acids is 1. The van der Waals surface area contributed by atoms with Gasteiger partial charge in [0, 0.05) is 0 Å². The van der Waals surface area contributed by atoms with E-state index in [1.807, 2.05) is 0 Å². The average molecular weight is 124 g/mol. The van der Waals surface area contributed by atoms with E-state index in [1.165, 1.54) is 5.48 Å². The number of halogens is 1.